The Bertz CT molecular complexity index is 31.7. The van der Waals surface area contributed by atoms with Gasteiger partial charge in [-0.2, -0.15) is 0 Å². The molecule has 8 heavy (non-hydrogen) atoms. The van der Waals surface area contributed by atoms with Gasteiger partial charge in [-0.05, 0) is 0 Å². The molecular formula is C2H8Cl3N2Ru. The van der Waals surface area contributed by atoms with Gasteiger partial charge in [-0.1, -0.05) is 0 Å². The molecule has 0 bridgehead atoms. The molecule has 0 amide bonds. The van der Waals surface area contributed by atoms with E-state index in [1.807, 2.05) is 0 Å². The van der Waals surface area contributed by atoms with E-state index in [0.29, 0.717) is 13.1 Å². The molecule has 0 spiro atoms. The molecule has 4 N–H and O–H groups in total. The zero-order chi connectivity index (χ0) is 6.99. The summed E-state index contributed by atoms with van der Waals surface area (Å²) in [6.07, 6.45) is 0. The molecule has 0 aromatic heterocycles. The van der Waals surface area contributed by atoms with Crippen LogP contribution in [-0.4, -0.2) is 13.1 Å². The Balaban J connectivity index is 0. The Morgan fingerprint density at radius 3 is 1.12 bits per heavy atom. The van der Waals surface area contributed by atoms with E-state index in [4.69, 9.17) is 40.5 Å². The van der Waals surface area contributed by atoms with Crippen LogP contribution in [0.5, 0.6) is 0 Å². The first-order valence-corrected chi connectivity index (χ1v) is 8.43. The molecule has 0 saturated heterocycles. The second-order valence-electron chi connectivity index (χ2n) is 0.729. The van der Waals surface area contributed by atoms with Crippen molar-refractivity contribution in [2.45, 2.75) is 0 Å². The number of hydrogen-bond acceptors (Lipinski definition) is 2. The van der Waals surface area contributed by atoms with E-state index in [-0.39, 0.29) is 0 Å². The molecule has 0 aliphatic carbocycles. The third-order valence-corrected chi connectivity index (χ3v) is 0.167. The van der Waals surface area contributed by atoms with E-state index < -0.39 is 13.0 Å². The van der Waals surface area contributed by atoms with Gasteiger partial charge in [0.05, 0.1) is 0 Å². The number of nitrogens with two attached hydrogens (primary N) is 2. The van der Waals surface area contributed by atoms with Crippen molar-refractivity contribution in [2.75, 3.05) is 13.1 Å². The summed E-state index contributed by atoms with van der Waals surface area (Å²) < 4.78 is 0. The van der Waals surface area contributed by atoms with Gasteiger partial charge in [-0.3, -0.25) is 0 Å². The fraction of sp³-hybridized carbons (Fsp3) is 1.00. The normalized spacial score (nSPS) is 9.38. The van der Waals surface area contributed by atoms with Gasteiger partial charge in [-0.15, -0.1) is 0 Å². The first-order chi connectivity index (χ1) is 3.65. The predicted molar refractivity (Wildman–Crippen MR) is 35.7 cm³/mol. The van der Waals surface area contributed by atoms with Crippen LogP contribution in [0.15, 0.2) is 0 Å². The average molecular weight is 268 g/mol. The molecule has 0 aromatic carbocycles. The number of halogens is 3. The zero-order valence-corrected chi connectivity index (χ0v) is 8.06. The monoisotopic (exact) mass is 267 g/mol. The summed E-state index contributed by atoms with van der Waals surface area (Å²) in [6, 6.07) is 0. The summed E-state index contributed by atoms with van der Waals surface area (Å²) in [5.41, 5.74) is 9.81. The van der Waals surface area contributed by atoms with Crippen LogP contribution in [0.2, 0.25) is 0 Å². The van der Waals surface area contributed by atoms with Crippen LogP contribution >= 0.6 is 29.1 Å². The van der Waals surface area contributed by atoms with Crippen molar-refractivity contribution < 1.29 is 13.0 Å². The molecule has 0 aliphatic heterocycles. The summed E-state index contributed by atoms with van der Waals surface area (Å²) >= 11 is -1.75. The van der Waals surface area contributed by atoms with Gasteiger partial charge in [0.15, 0.2) is 0 Å². The summed E-state index contributed by atoms with van der Waals surface area (Å²) in [7, 11) is 14.8. The summed E-state index contributed by atoms with van der Waals surface area (Å²) in [5.74, 6) is 0. The van der Waals surface area contributed by atoms with Gasteiger partial charge in [-0.25, -0.2) is 0 Å². The van der Waals surface area contributed by atoms with Gasteiger partial charge in [0.1, 0.15) is 0 Å². The van der Waals surface area contributed by atoms with Crippen molar-refractivity contribution in [3.63, 3.8) is 0 Å². The van der Waals surface area contributed by atoms with Crippen molar-refractivity contribution in [2.24, 2.45) is 11.5 Å². The molecule has 0 aliphatic rings. The molecule has 6 heteroatoms. The van der Waals surface area contributed by atoms with Crippen LogP contribution in [0.3, 0.4) is 0 Å². The average Bonchev–Trinajstić information content (AvgIpc) is 1.65. The van der Waals surface area contributed by atoms with Gasteiger partial charge in [0.2, 0.25) is 0 Å². The SMILES string of the molecule is NCCN.[Cl][Ru]([Cl])[Cl]. The Labute approximate surface area is 66.5 Å². The molecule has 0 unspecified atom stereocenters. The fourth-order valence-electron chi connectivity index (χ4n) is 0. The van der Waals surface area contributed by atoms with E-state index in [9.17, 15) is 0 Å². The third kappa shape index (κ3) is 52.4. The van der Waals surface area contributed by atoms with Crippen LogP contribution in [0.1, 0.15) is 0 Å². The molecule has 0 heterocycles. The predicted octanol–water partition coefficient (Wildman–Crippen LogP) is 0.970. The molecule has 0 fully saturated rings. The quantitative estimate of drug-likeness (QED) is 0.696. The standard InChI is InChI=1S/C2H8N2.3ClH.Ru/c3-1-2-4;;;;/h1-4H2;3*1H;/q;;;;+3/p-3. The van der Waals surface area contributed by atoms with Crippen LogP contribution < -0.4 is 11.5 Å². The van der Waals surface area contributed by atoms with Gasteiger partial charge in [0.25, 0.3) is 0 Å². The van der Waals surface area contributed by atoms with Crippen LogP contribution in [0.4, 0.5) is 0 Å². The van der Waals surface area contributed by atoms with E-state index >= 15 is 0 Å². The van der Waals surface area contributed by atoms with E-state index in [0.717, 1.165) is 0 Å². The van der Waals surface area contributed by atoms with Crippen molar-refractivity contribution in [1.82, 2.24) is 0 Å². The van der Waals surface area contributed by atoms with Crippen molar-refractivity contribution in [3.8, 4) is 0 Å². The van der Waals surface area contributed by atoms with Crippen LogP contribution in [0.25, 0.3) is 0 Å². The minimum absolute atomic E-state index is 0.597. The molecule has 0 aromatic rings. The van der Waals surface area contributed by atoms with Gasteiger partial charge < -0.3 is 11.5 Å². The second-order valence-corrected chi connectivity index (χ2v) is 8.65. The van der Waals surface area contributed by atoms with E-state index in [1.165, 1.54) is 0 Å². The summed E-state index contributed by atoms with van der Waals surface area (Å²) in [6.45, 7) is 1.19. The molecule has 0 saturated carbocycles. The second kappa shape index (κ2) is 11.2. The number of hydrogen-bond donors (Lipinski definition) is 2. The van der Waals surface area contributed by atoms with Gasteiger partial charge >= 0.3 is 42.1 Å². The maximum atomic E-state index is 4.95. The molecule has 0 radical (unpaired) electrons. The summed E-state index contributed by atoms with van der Waals surface area (Å²) in [4.78, 5) is 0. The van der Waals surface area contributed by atoms with Crippen molar-refractivity contribution in [3.05, 3.63) is 0 Å². The van der Waals surface area contributed by atoms with E-state index in [2.05, 4.69) is 0 Å². The Hall–Kier alpha value is 1.41. The Morgan fingerprint density at radius 2 is 1.12 bits per heavy atom. The zero-order valence-electron chi connectivity index (χ0n) is 4.06. The Morgan fingerprint density at radius 1 is 1.00 bits per heavy atom. The van der Waals surface area contributed by atoms with Crippen LogP contribution in [-0.2, 0) is 13.0 Å². The number of rotatable bonds is 1. The maximum absolute atomic E-state index is 4.95. The molecule has 2 nitrogen and oxygen atoms in total. The topological polar surface area (TPSA) is 52.0 Å². The van der Waals surface area contributed by atoms with Crippen molar-refractivity contribution in [1.29, 1.82) is 0 Å². The third-order valence-electron chi connectivity index (χ3n) is 0.167. The van der Waals surface area contributed by atoms with Gasteiger partial charge in [0, 0.05) is 13.1 Å². The fourth-order valence-corrected chi connectivity index (χ4v) is 0. The van der Waals surface area contributed by atoms with Crippen molar-refractivity contribution >= 4 is 29.1 Å². The van der Waals surface area contributed by atoms with E-state index in [1.54, 1.807) is 0 Å². The first-order valence-electron chi connectivity index (χ1n) is 1.72. The Kier molecular flexibility index (Phi) is 17.0. The van der Waals surface area contributed by atoms with Crippen LogP contribution in [0, 0.1) is 0 Å². The first kappa shape index (κ1) is 12.1. The minimum atomic E-state index is -1.75. The molecule has 55 valence electrons. The summed E-state index contributed by atoms with van der Waals surface area (Å²) in [5, 5.41) is 0. The molecule has 0 rings (SSSR count). The molecule has 0 atom stereocenters. The molecular weight excluding hydrogens is 259 g/mol.